The third-order valence-corrected chi connectivity index (χ3v) is 16.7. The van der Waals surface area contributed by atoms with Gasteiger partial charge < -0.3 is 27.9 Å². The molecule has 0 N–H and O–H groups in total. The van der Waals surface area contributed by atoms with Gasteiger partial charge in [0, 0.05) is 0 Å². The van der Waals surface area contributed by atoms with Crippen molar-refractivity contribution in [2.45, 2.75) is 90.0 Å². The molecule has 0 fully saturated rings. The first kappa shape index (κ1) is 35.6. The first-order chi connectivity index (χ1) is 18.3. The van der Waals surface area contributed by atoms with Crippen LogP contribution in [-0.2, 0) is 23.2 Å². The molecule has 0 saturated carbocycles. The molecule has 0 aromatic heterocycles. The van der Waals surface area contributed by atoms with Crippen molar-refractivity contribution in [1.29, 1.82) is 0 Å². The molecule has 2 aromatic carbocycles. The van der Waals surface area contributed by atoms with E-state index in [9.17, 15) is 9.59 Å². The van der Waals surface area contributed by atoms with Gasteiger partial charge in [-0.1, -0.05) is 65.8 Å². The lowest BCUT2D eigenvalue weighted by atomic mass is 10.1. The van der Waals surface area contributed by atoms with Crippen molar-refractivity contribution >= 4 is 28.9 Å². The second-order valence-corrected chi connectivity index (χ2v) is 22.3. The standard InChI is InChI=1S/C16H26O4Si.C15H24O3Si/c1-16(2,3)21(6,7)20-14(15(17)19-5)12-8-10-13(18-4)11-9-12;1-15(2,3)19(5,6)18-14(11-16)12-7-9-13(17-4)10-8-12/h8-11,14H,1-7H3;7-11,14H,1-6H3. The van der Waals surface area contributed by atoms with Gasteiger partial charge in [-0.2, -0.15) is 0 Å². The maximum absolute atomic E-state index is 12.1. The highest BCUT2D eigenvalue weighted by atomic mass is 28.4. The van der Waals surface area contributed by atoms with Crippen LogP contribution in [0, 0.1) is 0 Å². The molecule has 7 nitrogen and oxygen atoms in total. The Labute approximate surface area is 243 Å². The number of carbonyl (C=O) groups excluding carboxylic acids is 2. The zero-order valence-electron chi connectivity index (χ0n) is 26.7. The lowest BCUT2D eigenvalue weighted by molar-refractivity contribution is -0.149. The van der Waals surface area contributed by atoms with Gasteiger partial charge in [0.05, 0.1) is 21.3 Å². The lowest BCUT2D eigenvalue weighted by Gasteiger charge is -2.38. The summed E-state index contributed by atoms with van der Waals surface area (Å²) in [5.74, 6) is 1.15. The molecule has 2 unspecified atom stereocenters. The van der Waals surface area contributed by atoms with E-state index < -0.39 is 28.8 Å². The normalized spacial score (nSPS) is 13.8. The highest BCUT2D eigenvalue weighted by Crippen LogP contribution is 2.41. The fourth-order valence-corrected chi connectivity index (χ4v) is 5.43. The molecule has 9 heteroatoms. The van der Waals surface area contributed by atoms with Crippen molar-refractivity contribution in [2.75, 3.05) is 21.3 Å². The van der Waals surface area contributed by atoms with Crippen molar-refractivity contribution in [3.05, 3.63) is 59.7 Å². The molecule has 2 rings (SSSR count). The summed E-state index contributed by atoms with van der Waals surface area (Å²) >= 11 is 0. The van der Waals surface area contributed by atoms with Crippen LogP contribution in [0.3, 0.4) is 0 Å². The number of methoxy groups -OCH3 is 3. The summed E-state index contributed by atoms with van der Waals surface area (Å²) in [5.41, 5.74) is 1.66. The van der Waals surface area contributed by atoms with E-state index in [1.54, 1.807) is 14.2 Å². The van der Waals surface area contributed by atoms with E-state index in [1.807, 2.05) is 48.5 Å². The Morgan fingerprint density at radius 1 is 0.675 bits per heavy atom. The lowest BCUT2D eigenvalue weighted by Crippen LogP contribution is -2.43. The second-order valence-electron chi connectivity index (χ2n) is 12.8. The molecule has 0 heterocycles. The van der Waals surface area contributed by atoms with Crippen LogP contribution in [0.25, 0.3) is 0 Å². The minimum Gasteiger partial charge on any atom is -0.497 e. The summed E-state index contributed by atoms with van der Waals surface area (Å²) in [7, 11) is 0.576. The number of hydrogen-bond acceptors (Lipinski definition) is 7. The SMILES string of the molecule is COC(=O)C(O[Si](C)(C)C(C)(C)C)c1ccc(OC)cc1.COc1ccc(C(C=O)O[Si](C)(C)C(C)(C)C)cc1. The number of ether oxygens (including phenoxy) is 3. The van der Waals surface area contributed by atoms with Crippen LogP contribution in [0.5, 0.6) is 11.5 Å². The number of esters is 1. The summed E-state index contributed by atoms with van der Waals surface area (Å²) < 4.78 is 27.5. The molecule has 0 bridgehead atoms. The molecule has 0 aliphatic rings. The van der Waals surface area contributed by atoms with Crippen molar-refractivity contribution in [1.82, 2.24) is 0 Å². The topological polar surface area (TPSA) is 80.3 Å². The highest BCUT2D eigenvalue weighted by Gasteiger charge is 2.42. The van der Waals surface area contributed by atoms with Crippen LogP contribution in [0.1, 0.15) is 64.9 Å². The second kappa shape index (κ2) is 14.4. The van der Waals surface area contributed by atoms with Crippen LogP contribution in [0.2, 0.25) is 36.3 Å². The summed E-state index contributed by atoms with van der Waals surface area (Å²) in [6.45, 7) is 21.4. The zero-order valence-corrected chi connectivity index (χ0v) is 28.7. The third kappa shape index (κ3) is 9.87. The Hall–Kier alpha value is -2.47. The Kier molecular flexibility index (Phi) is 12.8. The van der Waals surface area contributed by atoms with Gasteiger partial charge >= 0.3 is 5.97 Å². The Morgan fingerprint density at radius 2 is 1.05 bits per heavy atom. The van der Waals surface area contributed by atoms with Gasteiger partial charge in [-0.05, 0) is 71.7 Å². The molecular weight excluding hydrogens is 541 g/mol. The van der Waals surface area contributed by atoms with Crippen LogP contribution in [0.15, 0.2) is 48.5 Å². The van der Waals surface area contributed by atoms with E-state index in [0.717, 1.165) is 28.9 Å². The fourth-order valence-electron chi connectivity index (χ4n) is 3.07. The molecule has 0 aliphatic heterocycles. The number of benzene rings is 2. The monoisotopic (exact) mass is 590 g/mol. The predicted octanol–water partition coefficient (Wildman–Crippen LogP) is 7.89. The molecule has 0 radical (unpaired) electrons. The van der Waals surface area contributed by atoms with Gasteiger partial charge in [0.2, 0.25) is 0 Å². The van der Waals surface area contributed by atoms with Crippen molar-refractivity contribution in [3.63, 3.8) is 0 Å². The van der Waals surface area contributed by atoms with Crippen LogP contribution < -0.4 is 9.47 Å². The van der Waals surface area contributed by atoms with Gasteiger partial charge in [-0.25, -0.2) is 4.79 Å². The summed E-state index contributed by atoms with van der Waals surface area (Å²) in [6, 6.07) is 14.8. The van der Waals surface area contributed by atoms with Crippen LogP contribution in [0.4, 0.5) is 0 Å². The Morgan fingerprint density at radius 3 is 1.38 bits per heavy atom. The van der Waals surface area contributed by atoms with Crippen molar-refractivity contribution in [2.24, 2.45) is 0 Å². The highest BCUT2D eigenvalue weighted by molar-refractivity contribution is 6.74. The molecule has 2 atom stereocenters. The number of aldehydes is 1. The van der Waals surface area contributed by atoms with Gasteiger partial charge in [-0.3, -0.25) is 0 Å². The van der Waals surface area contributed by atoms with Crippen molar-refractivity contribution < 1.29 is 32.7 Å². The van der Waals surface area contributed by atoms with E-state index >= 15 is 0 Å². The number of rotatable bonds is 10. The Balaban J connectivity index is 0.000000402. The van der Waals surface area contributed by atoms with E-state index in [1.165, 1.54) is 7.11 Å². The van der Waals surface area contributed by atoms with E-state index in [2.05, 4.69) is 67.7 Å². The Bertz CT molecular complexity index is 1070. The molecule has 40 heavy (non-hydrogen) atoms. The predicted molar refractivity (Wildman–Crippen MR) is 166 cm³/mol. The maximum Gasteiger partial charge on any atom is 0.338 e. The molecule has 0 spiro atoms. The molecule has 2 aromatic rings. The first-order valence-corrected chi connectivity index (χ1v) is 19.3. The average molecular weight is 591 g/mol. The smallest absolute Gasteiger partial charge is 0.338 e. The van der Waals surface area contributed by atoms with E-state index in [0.29, 0.717) is 0 Å². The average Bonchev–Trinajstić information content (AvgIpc) is 2.89. The van der Waals surface area contributed by atoms with Gasteiger partial charge in [0.15, 0.2) is 29.0 Å². The molecule has 0 saturated heterocycles. The van der Waals surface area contributed by atoms with Crippen LogP contribution in [-0.4, -0.2) is 50.2 Å². The van der Waals surface area contributed by atoms with Gasteiger partial charge in [-0.15, -0.1) is 0 Å². The number of hydrogen-bond donors (Lipinski definition) is 0. The zero-order chi connectivity index (χ0) is 30.9. The first-order valence-electron chi connectivity index (χ1n) is 13.5. The third-order valence-electron chi connectivity index (χ3n) is 7.85. The molecular formula is C31H50O7Si2. The van der Waals surface area contributed by atoms with Gasteiger partial charge in [0.1, 0.15) is 17.6 Å². The quantitative estimate of drug-likeness (QED) is 0.158. The van der Waals surface area contributed by atoms with E-state index in [-0.39, 0.29) is 16.0 Å². The largest absolute Gasteiger partial charge is 0.497 e. The summed E-state index contributed by atoms with van der Waals surface area (Å²) in [6.07, 6.45) is -0.309. The molecule has 0 aliphatic carbocycles. The molecule has 0 amide bonds. The summed E-state index contributed by atoms with van der Waals surface area (Å²) in [4.78, 5) is 23.4. The van der Waals surface area contributed by atoms with Crippen LogP contribution >= 0.6 is 0 Å². The van der Waals surface area contributed by atoms with Gasteiger partial charge in [0.25, 0.3) is 0 Å². The van der Waals surface area contributed by atoms with E-state index in [4.69, 9.17) is 23.1 Å². The number of carbonyl (C=O) groups is 2. The molecule has 224 valence electrons. The maximum atomic E-state index is 12.1. The fraction of sp³-hybridized carbons (Fsp3) is 0.548. The van der Waals surface area contributed by atoms with Crippen molar-refractivity contribution in [3.8, 4) is 11.5 Å². The minimum absolute atomic E-state index is 0.0196. The summed E-state index contributed by atoms with van der Waals surface area (Å²) in [5, 5.41) is 0.104. The minimum atomic E-state index is -2.08.